The highest BCUT2D eigenvalue weighted by Crippen LogP contribution is 2.29. The quantitative estimate of drug-likeness (QED) is 0.779. The molecule has 1 aliphatic rings. The highest BCUT2D eigenvalue weighted by Gasteiger charge is 2.48. The molecule has 1 aromatic carbocycles. The second-order valence-electron chi connectivity index (χ2n) is 5.99. The number of nitrogens with one attached hydrogen (secondary N) is 2. The lowest BCUT2D eigenvalue weighted by Crippen LogP contribution is -2.55. The van der Waals surface area contributed by atoms with Crippen molar-refractivity contribution in [2.24, 2.45) is 0 Å². The monoisotopic (exact) mass is 354 g/mol. The number of carbonyl (C=O) groups excluding carboxylic acids is 2. The number of aryl methyl sites for hydroxylation is 1. The molecule has 2 rings (SSSR count). The molecule has 0 atom stereocenters. The van der Waals surface area contributed by atoms with E-state index in [0.29, 0.717) is 29.9 Å². The van der Waals surface area contributed by atoms with Gasteiger partial charge in [0.2, 0.25) is 5.91 Å². The Morgan fingerprint density at radius 3 is 2.42 bits per heavy atom. The number of rotatable bonds is 4. The lowest BCUT2D eigenvalue weighted by Gasteiger charge is -2.34. The number of anilines is 1. The van der Waals surface area contributed by atoms with Gasteiger partial charge >= 0.3 is 5.97 Å². The number of ether oxygens (including phenoxy) is 1. The summed E-state index contributed by atoms with van der Waals surface area (Å²) in [6.07, 6.45) is 1.52. The number of carbonyl (C=O) groups is 2. The highest BCUT2D eigenvalue weighted by atomic mass is 32.2. The molecule has 0 radical (unpaired) electrons. The fourth-order valence-corrected chi connectivity index (χ4v) is 4.20. The second kappa shape index (κ2) is 6.90. The SMILES string of the molecule is COC(=O)c1cc(NC(=O)C2(S(C)(=O)=O)CCNCC2)ccc1C. The van der Waals surface area contributed by atoms with Crippen LogP contribution in [0.1, 0.15) is 28.8 Å². The van der Waals surface area contributed by atoms with Gasteiger partial charge in [-0.2, -0.15) is 0 Å². The van der Waals surface area contributed by atoms with Crippen molar-refractivity contribution in [3.8, 4) is 0 Å². The summed E-state index contributed by atoms with van der Waals surface area (Å²) in [5, 5.41) is 5.72. The first-order valence-corrected chi connectivity index (χ1v) is 9.51. The van der Waals surface area contributed by atoms with Crippen LogP contribution in [0, 0.1) is 6.92 Å². The van der Waals surface area contributed by atoms with Crippen molar-refractivity contribution in [3.05, 3.63) is 29.3 Å². The zero-order chi connectivity index (χ0) is 18.0. The molecule has 1 amide bonds. The van der Waals surface area contributed by atoms with Gasteiger partial charge in [0.05, 0.1) is 12.7 Å². The molecule has 0 bridgehead atoms. The smallest absolute Gasteiger partial charge is 0.338 e. The Labute approximate surface area is 141 Å². The van der Waals surface area contributed by atoms with Crippen molar-refractivity contribution >= 4 is 27.4 Å². The average molecular weight is 354 g/mol. The topological polar surface area (TPSA) is 102 Å². The number of amides is 1. The molecule has 2 N–H and O–H groups in total. The molecule has 24 heavy (non-hydrogen) atoms. The fourth-order valence-electron chi connectivity index (χ4n) is 2.87. The minimum Gasteiger partial charge on any atom is -0.465 e. The summed E-state index contributed by atoms with van der Waals surface area (Å²) < 4.78 is 27.8. The van der Waals surface area contributed by atoms with E-state index in [-0.39, 0.29) is 12.8 Å². The maximum absolute atomic E-state index is 12.7. The van der Waals surface area contributed by atoms with E-state index in [1.54, 1.807) is 19.1 Å². The molecular weight excluding hydrogens is 332 g/mol. The molecule has 0 spiro atoms. The molecule has 132 valence electrons. The molecule has 7 nitrogen and oxygen atoms in total. The van der Waals surface area contributed by atoms with Crippen LogP contribution in [-0.2, 0) is 19.4 Å². The number of piperidine rings is 1. The molecule has 1 fully saturated rings. The van der Waals surface area contributed by atoms with Crippen LogP contribution in [0.5, 0.6) is 0 Å². The van der Waals surface area contributed by atoms with Gasteiger partial charge in [-0.3, -0.25) is 4.79 Å². The van der Waals surface area contributed by atoms with E-state index in [4.69, 9.17) is 4.74 Å². The van der Waals surface area contributed by atoms with Gasteiger partial charge in [-0.05, 0) is 50.6 Å². The van der Waals surface area contributed by atoms with Crippen molar-refractivity contribution in [1.29, 1.82) is 0 Å². The van der Waals surface area contributed by atoms with Crippen LogP contribution in [0.3, 0.4) is 0 Å². The minimum atomic E-state index is -3.59. The number of methoxy groups -OCH3 is 1. The van der Waals surface area contributed by atoms with Crippen LogP contribution >= 0.6 is 0 Å². The molecule has 8 heteroatoms. The first-order chi connectivity index (χ1) is 11.2. The van der Waals surface area contributed by atoms with Crippen molar-refractivity contribution < 1.29 is 22.7 Å². The standard InChI is InChI=1S/C16H22N2O5S/c1-11-4-5-12(10-13(11)14(19)23-2)18-15(20)16(24(3,21)22)6-8-17-9-7-16/h4-5,10,17H,6-9H2,1-3H3,(H,18,20). The molecule has 1 heterocycles. The van der Waals surface area contributed by atoms with E-state index in [2.05, 4.69) is 10.6 Å². The zero-order valence-corrected chi connectivity index (χ0v) is 14.8. The van der Waals surface area contributed by atoms with Crippen molar-refractivity contribution in [2.45, 2.75) is 24.5 Å². The summed E-state index contributed by atoms with van der Waals surface area (Å²) in [5.74, 6) is -1.07. The van der Waals surface area contributed by atoms with Gasteiger partial charge in [0.25, 0.3) is 0 Å². The number of hydrogen-bond acceptors (Lipinski definition) is 6. The van der Waals surface area contributed by atoms with Gasteiger partial charge in [0.15, 0.2) is 14.6 Å². The number of sulfone groups is 1. The van der Waals surface area contributed by atoms with Gasteiger partial charge in [-0.15, -0.1) is 0 Å². The number of esters is 1. The molecular formula is C16H22N2O5S. The first kappa shape index (κ1) is 18.4. The number of benzene rings is 1. The van der Waals surface area contributed by atoms with Crippen LogP contribution in [-0.4, -0.2) is 51.5 Å². The summed E-state index contributed by atoms with van der Waals surface area (Å²) in [7, 11) is -2.31. The Hall–Kier alpha value is -1.93. The van der Waals surface area contributed by atoms with E-state index in [1.165, 1.54) is 13.2 Å². The van der Waals surface area contributed by atoms with Crippen LogP contribution in [0.4, 0.5) is 5.69 Å². The van der Waals surface area contributed by atoms with E-state index >= 15 is 0 Å². The maximum Gasteiger partial charge on any atom is 0.338 e. The predicted molar refractivity (Wildman–Crippen MR) is 90.8 cm³/mol. The Kier molecular flexibility index (Phi) is 5.29. The van der Waals surface area contributed by atoms with Crippen molar-refractivity contribution in [1.82, 2.24) is 5.32 Å². The van der Waals surface area contributed by atoms with E-state index in [1.807, 2.05) is 0 Å². The number of hydrogen-bond donors (Lipinski definition) is 2. The third-order valence-electron chi connectivity index (χ3n) is 4.44. The van der Waals surface area contributed by atoms with Gasteiger partial charge < -0.3 is 15.4 Å². The van der Waals surface area contributed by atoms with Gasteiger partial charge in [-0.25, -0.2) is 13.2 Å². The fraction of sp³-hybridized carbons (Fsp3) is 0.500. The second-order valence-corrected chi connectivity index (χ2v) is 8.32. The summed E-state index contributed by atoms with van der Waals surface area (Å²) in [6, 6.07) is 4.81. The third kappa shape index (κ3) is 3.44. The predicted octanol–water partition coefficient (Wildman–Crippen LogP) is 0.887. The van der Waals surface area contributed by atoms with Crippen molar-refractivity contribution in [3.63, 3.8) is 0 Å². The average Bonchev–Trinajstić information content (AvgIpc) is 2.55. The van der Waals surface area contributed by atoms with Gasteiger partial charge in [0, 0.05) is 11.9 Å². The van der Waals surface area contributed by atoms with E-state index in [9.17, 15) is 18.0 Å². The minimum absolute atomic E-state index is 0.216. The maximum atomic E-state index is 12.7. The Morgan fingerprint density at radius 2 is 1.88 bits per heavy atom. The summed E-state index contributed by atoms with van der Waals surface area (Å²) >= 11 is 0. The largest absolute Gasteiger partial charge is 0.465 e. The molecule has 0 aliphatic carbocycles. The highest BCUT2D eigenvalue weighted by molar-refractivity contribution is 7.92. The van der Waals surface area contributed by atoms with Crippen LogP contribution in [0.15, 0.2) is 18.2 Å². The van der Waals surface area contributed by atoms with Crippen LogP contribution in [0.2, 0.25) is 0 Å². The molecule has 0 aromatic heterocycles. The first-order valence-electron chi connectivity index (χ1n) is 7.62. The van der Waals surface area contributed by atoms with E-state index in [0.717, 1.165) is 6.26 Å². The van der Waals surface area contributed by atoms with Crippen molar-refractivity contribution in [2.75, 3.05) is 31.8 Å². The van der Waals surface area contributed by atoms with Crippen LogP contribution in [0.25, 0.3) is 0 Å². The zero-order valence-electron chi connectivity index (χ0n) is 14.0. The van der Waals surface area contributed by atoms with Gasteiger partial charge in [0.1, 0.15) is 0 Å². The molecule has 1 aromatic rings. The molecule has 0 saturated carbocycles. The Balaban J connectivity index is 2.32. The Morgan fingerprint density at radius 1 is 1.25 bits per heavy atom. The third-order valence-corrected chi connectivity index (χ3v) is 6.45. The lowest BCUT2D eigenvalue weighted by molar-refractivity contribution is -0.119. The molecule has 1 aliphatic heterocycles. The van der Waals surface area contributed by atoms with Crippen LogP contribution < -0.4 is 10.6 Å². The normalized spacial score (nSPS) is 17.1. The molecule has 1 saturated heterocycles. The summed E-state index contributed by atoms with van der Waals surface area (Å²) in [4.78, 5) is 24.5. The van der Waals surface area contributed by atoms with E-state index < -0.39 is 26.5 Å². The summed E-state index contributed by atoms with van der Waals surface area (Å²) in [5.41, 5.74) is 1.40. The lowest BCUT2D eigenvalue weighted by atomic mass is 9.95. The van der Waals surface area contributed by atoms with Gasteiger partial charge in [-0.1, -0.05) is 6.07 Å². The summed E-state index contributed by atoms with van der Waals surface area (Å²) in [6.45, 7) is 2.67. The molecule has 0 unspecified atom stereocenters. The Bertz CT molecular complexity index is 752.